The van der Waals surface area contributed by atoms with Gasteiger partial charge in [-0.05, 0) is 23.8 Å². The lowest BCUT2D eigenvalue weighted by molar-refractivity contribution is -0.130. The number of hydrogen-bond donors (Lipinski definition) is 0. The van der Waals surface area contributed by atoms with Crippen LogP contribution in [0.1, 0.15) is 19.4 Å². The van der Waals surface area contributed by atoms with Gasteiger partial charge in [0.25, 0.3) is 5.22 Å². The molecule has 4 rings (SSSR count). The summed E-state index contributed by atoms with van der Waals surface area (Å²) in [7, 11) is -3.57. The van der Waals surface area contributed by atoms with Crippen molar-refractivity contribution in [2.24, 2.45) is 0 Å². The van der Waals surface area contributed by atoms with Gasteiger partial charge in [-0.15, -0.1) is 0 Å². The third-order valence-electron chi connectivity index (χ3n) is 5.98. The summed E-state index contributed by atoms with van der Waals surface area (Å²) in [4.78, 5) is 21.6. The van der Waals surface area contributed by atoms with Gasteiger partial charge in [0.15, 0.2) is 5.58 Å². The number of rotatable bonds is 9. The Balaban J connectivity index is 1.32. The van der Waals surface area contributed by atoms with Gasteiger partial charge >= 0.3 is 0 Å². The fourth-order valence-electron chi connectivity index (χ4n) is 4.03. The van der Waals surface area contributed by atoms with Crippen molar-refractivity contribution < 1.29 is 17.6 Å². The first-order chi connectivity index (χ1) is 16.4. The van der Waals surface area contributed by atoms with Crippen molar-refractivity contribution in [1.29, 1.82) is 0 Å². The molecule has 182 valence electrons. The van der Waals surface area contributed by atoms with Gasteiger partial charge in [0, 0.05) is 45.8 Å². The Labute approximate surface area is 205 Å². The summed E-state index contributed by atoms with van der Waals surface area (Å²) in [6.07, 6.45) is 0. The topological polar surface area (TPSA) is 87.0 Å². The van der Waals surface area contributed by atoms with E-state index in [0.717, 1.165) is 19.6 Å². The van der Waals surface area contributed by atoms with Gasteiger partial charge in [-0.25, -0.2) is 13.4 Å². The van der Waals surface area contributed by atoms with Gasteiger partial charge in [-0.1, -0.05) is 55.9 Å². The van der Waals surface area contributed by atoms with E-state index in [0.29, 0.717) is 42.5 Å². The van der Waals surface area contributed by atoms with Crippen LogP contribution < -0.4 is 0 Å². The molecule has 0 unspecified atom stereocenters. The van der Waals surface area contributed by atoms with Gasteiger partial charge in [0.05, 0.1) is 10.6 Å². The highest BCUT2D eigenvalue weighted by molar-refractivity contribution is 7.99. The highest BCUT2D eigenvalue weighted by atomic mass is 32.2. The van der Waals surface area contributed by atoms with Crippen molar-refractivity contribution in [2.75, 3.05) is 45.0 Å². The minimum Gasteiger partial charge on any atom is -0.431 e. The Hall–Kier alpha value is -2.40. The molecular weight excluding hydrogens is 472 g/mol. The summed E-state index contributed by atoms with van der Waals surface area (Å²) in [6.45, 7) is 8.41. The number of thioether (sulfide) groups is 1. The number of fused-ring (bicyclic) bond motifs is 1. The molecule has 1 amide bonds. The summed E-state index contributed by atoms with van der Waals surface area (Å²) in [5.74, 6) is 0.284. The quantitative estimate of drug-likeness (QED) is 0.415. The molecule has 0 radical (unpaired) electrons. The highest BCUT2D eigenvalue weighted by Crippen LogP contribution is 2.27. The molecule has 0 bridgehead atoms. The molecule has 1 aromatic heterocycles. The average molecular weight is 503 g/mol. The highest BCUT2D eigenvalue weighted by Gasteiger charge is 2.24. The predicted molar refractivity (Wildman–Crippen MR) is 133 cm³/mol. The number of aromatic nitrogens is 1. The van der Waals surface area contributed by atoms with Crippen LogP contribution in [0, 0.1) is 0 Å². The number of hydrogen-bond acceptors (Lipinski definition) is 7. The van der Waals surface area contributed by atoms with Crippen LogP contribution >= 0.6 is 11.8 Å². The summed E-state index contributed by atoms with van der Waals surface area (Å²) in [6, 6.07) is 15.0. The first-order valence-corrected chi connectivity index (χ1v) is 13.9. The van der Waals surface area contributed by atoms with Crippen LogP contribution in [0.15, 0.2) is 63.1 Å². The van der Waals surface area contributed by atoms with Crippen LogP contribution in [-0.2, 0) is 21.4 Å². The molecular formula is C24H30N4O4S2. The molecule has 0 atom stereocenters. The first kappa shape index (κ1) is 24.7. The molecule has 0 N–H and O–H groups in total. The van der Waals surface area contributed by atoms with E-state index in [1.54, 1.807) is 6.07 Å². The summed E-state index contributed by atoms with van der Waals surface area (Å²) in [5, 5.41) is 0.364. The lowest BCUT2D eigenvalue weighted by Crippen LogP contribution is -2.48. The molecule has 10 heteroatoms. The normalized spacial score (nSPS) is 15.3. The molecule has 1 aliphatic heterocycles. The third-order valence-corrected chi connectivity index (χ3v) is 8.83. The second-order valence-corrected chi connectivity index (χ2v) is 11.0. The molecule has 0 spiro atoms. The number of carbonyl (C=O) groups is 1. The Morgan fingerprint density at radius 3 is 2.44 bits per heavy atom. The number of oxazole rings is 1. The number of nitrogens with zero attached hydrogens (tertiary/aromatic N) is 4. The van der Waals surface area contributed by atoms with Gasteiger partial charge < -0.3 is 9.32 Å². The van der Waals surface area contributed by atoms with Crippen molar-refractivity contribution >= 4 is 38.8 Å². The van der Waals surface area contributed by atoms with Crippen molar-refractivity contribution in [3.05, 3.63) is 54.1 Å². The molecule has 2 aromatic carbocycles. The number of benzene rings is 2. The first-order valence-electron chi connectivity index (χ1n) is 11.5. The zero-order chi connectivity index (χ0) is 24.1. The Morgan fingerprint density at radius 1 is 1.06 bits per heavy atom. The maximum Gasteiger partial charge on any atom is 0.257 e. The van der Waals surface area contributed by atoms with Crippen LogP contribution in [0.3, 0.4) is 0 Å². The molecule has 0 saturated carbocycles. The van der Waals surface area contributed by atoms with Gasteiger partial charge in [-0.3, -0.25) is 9.69 Å². The average Bonchev–Trinajstić information content (AvgIpc) is 3.26. The van der Waals surface area contributed by atoms with E-state index >= 15 is 0 Å². The van der Waals surface area contributed by atoms with Crippen molar-refractivity contribution in [3.8, 4) is 0 Å². The van der Waals surface area contributed by atoms with Crippen molar-refractivity contribution in [1.82, 2.24) is 19.1 Å². The molecule has 1 fully saturated rings. The third kappa shape index (κ3) is 5.63. The minimum absolute atomic E-state index is 0.0522. The van der Waals surface area contributed by atoms with Crippen molar-refractivity contribution in [3.63, 3.8) is 0 Å². The number of piperazine rings is 1. The minimum atomic E-state index is -3.57. The van der Waals surface area contributed by atoms with Crippen LogP contribution in [-0.4, -0.2) is 78.4 Å². The summed E-state index contributed by atoms with van der Waals surface area (Å²) < 4.78 is 32.7. The van der Waals surface area contributed by atoms with E-state index in [1.165, 1.54) is 33.8 Å². The smallest absolute Gasteiger partial charge is 0.257 e. The van der Waals surface area contributed by atoms with Crippen LogP contribution in [0.25, 0.3) is 11.1 Å². The van der Waals surface area contributed by atoms with E-state index in [2.05, 4.69) is 22.0 Å². The Bertz CT molecular complexity index is 1220. The van der Waals surface area contributed by atoms with Crippen molar-refractivity contribution in [2.45, 2.75) is 30.5 Å². The standard InChI is InChI=1S/C24H30N4O4S2/c1-3-28(4-2)34(30,31)20-10-11-22-21(16-20)25-24(32-22)33-18-23(29)27-14-12-26(13-15-27)17-19-8-6-5-7-9-19/h5-11,16H,3-4,12-15,17-18H2,1-2H3. The molecule has 3 aromatic rings. The van der Waals surface area contributed by atoms with Gasteiger partial charge in [0.1, 0.15) is 5.52 Å². The predicted octanol–water partition coefficient (Wildman–Crippen LogP) is 3.29. The molecule has 0 aliphatic carbocycles. The second kappa shape index (κ2) is 10.9. The molecule has 8 nitrogen and oxygen atoms in total. The van der Waals surface area contributed by atoms with E-state index in [9.17, 15) is 13.2 Å². The van der Waals surface area contributed by atoms with Gasteiger partial charge in [-0.2, -0.15) is 4.31 Å². The summed E-state index contributed by atoms with van der Waals surface area (Å²) >= 11 is 1.24. The fourth-order valence-corrected chi connectivity index (χ4v) is 6.25. The molecule has 34 heavy (non-hydrogen) atoms. The van der Waals surface area contributed by atoms with Crippen LogP contribution in [0.4, 0.5) is 0 Å². The maximum atomic E-state index is 12.8. The van der Waals surface area contributed by atoms with E-state index in [1.807, 2.05) is 36.9 Å². The van der Waals surface area contributed by atoms with E-state index < -0.39 is 10.0 Å². The molecule has 1 aliphatic rings. The van der Waals surface area contributed by atoms with Gasteiger partial charge in [0.2, 0.25) is 15.9 Å². The SMILES string of the molecule is CCN(CC)S(=O)(=O)c1ccc2oc(SCC(=O)N3CCN(Cc4ccccc4)CC3)nc2c1. The van der Waals surface area contributed by atoms with Crippen LogP contribution in [0.2, 0.25) is 0 Å². The number of amides is 1. The lowest BCUT2D eigenvalue weighted by atomic mass is 10.2. The van der Waals surface area contributed by atoms with E-state index in [4.69, 9.17) is 4.42 Å². The molecule has 2 heterocycles. The largest absolute Gasteiger partial charge is 0.431 e. The number of carbonyl (C=O) groups excluding carboxylic acids is 1. The zero-order valence-electron chi connectivity index (χ0n) is 19.5. The Morgan fingerprint density at radius 2 is 1.76 bits per heavy atom. The lowest BCUT2D eigenvalue weighted by Gasteiger charge is -2.34. The Kier molecular flexibility index (Phi) is 7.92. The monoisotopic (exact) mass is 502 g/mol. The fraction of sp³-hybridized carbons (Fsp3) is 0.417. The second-order valence-electron chi connectivity index (χ2n) is 8.13. The van der Waals surface area contributed by atoms with Crippen LogP contribution in [0.5, 0.6) is 0 Å². The number of sulfonamides is 1. The summed E-state index contributed by atoms with van der Waals surface area (Å²) in [5.41, 5.74) is 2.25. The molecule has 1 saturated heterocycles. The van der Waals surface area contributed by atoms with E-state index in [-0.39, 0.29) is 16.6 Å². The maximum absolute atomic E-state index is 12.8. The zero-order valence-corrected chi connectivity index (χ0v) is 21.1.